The monoisotopic (exact) mass is 347 g/mol. The number of rotatable bonds is 3. The van der Waals surface area contributed by atoms with Gasteiger partial charge in [-0.2, -0.15) is 0 Å². The first-order chi connectivity index (χ1) is 11.7. The predicted octanol–water partition coefficient (Wildman–Crippen LogP) is 1.63. The number of benzene rings is 1. The van der Waals surface area contributed by atoms with Gasteiger partial charge < -0.3 is 19.4 Å². The molecule has 2 amide bonds. The molecule has 0 radical (unpaired) electrons. The van der Waals surface area contributed by atoms with Gasteiger partial charge in [-0.25, -0.2) is 0 Å². The van der Waals surface area contributed by atoms with Crippen molar-refractivity contribution in [1.82, 2.24) is 9.80 Å². The Bertz CT molecular complexity index is 645. The standard InChI is InChI=1S/C19H29N3O3/c1-13-11-22(6)19(24)10-15-9-16(20(3)4)7-8-17(15)25-18(13)12-21(5)14(2)23/h7-9,13,18H,10-12H2,1-6H3/t13-,18+/m1/s1. The van der Waals surface area contributed by atoms with Crippen LogP contribution in [0, 0.1) is 5.92 Å². The number of carbonyl (C=O) groups is 2. The maximum Gasteiger partial charge on any atom is 0.226 e. The Labute approximate surface area is 150 Å². The van der Waals surface area contributed by atoms with Crippen LogP contribution in [-0.4, -0.2) is 69.0 Å². The molecule has 138 valence electrons. The highest BCUT2D eigenvalue weighted by molar-refractivity contribution is 5.80. The number of likely N-dealkylation sites (N-methyl/N-ethyl adjacent to an activating group) is 2. The summed E-state index contributed by atoms with van der Waals surface area (Å²) < 4.78 is 6.29. The summed E-state index contributed by atoms with van der Waals surface area (Å²) in [6, 6.07) is 5.92. The minimum atomic E-state index is -0.175. The van der Waals surface area contributed by atoms with Gasteiger partial charge in [-0.15, -0.1) is 0 Å². The lowest BCUT2D eigenvalue weighted by Crippen LogP contribution is -2.43. The molecule has 0 fully saturated rings. The molecule has 0 spiro atoms. The summed E-state index contributed by atoms with van der Waals surface area (Å²) in [4.78, 5) is 29.6. The Morgan fingerprint density at radius 2 is 2.00 bits per heavy atom. The lowest BCUT2D eigenvalue weighted by atomic mass is 10.0. The van der Waals surface area contributed by atoms with E-state index in [1.165, 1.54) is 0 Å². The van der Waals surface area contributed by atoms with Crippen molar-refractivity contribution in [2.45, 2.75) is 26.4 Å². The third-order valence-electron chi connectivity index (χ3n) is 4.79. The van der Waals surface area contributed by atoms with E-state index in [-0.39, 0.29) is 23.8 Å². The van der Waals surface area contributed by atoms with Gasteiger partial charge in [-0.1, -0.05) is 6.92 Å². The molecule has 0 saturated carbocycles. The van der Waals surface area contributed by atoms with Crippen molar-refractivity contribution < 1.29 is 14.3 Å². The molecular weight excluding hydrogens is 318 g/mol. The maximum absolute atomic E-state index is 12.5. The van der Waals surface area contributed by atoms with Crippen molar-refractivity contribution in [2.75, 3.05) is 46.2 Å². The van der Waals surface area contributed by atoms with Crippen molar-refractivity contribution in [1.29, 1.82) is 0 Å². The Kier molecular flexibility index (Phi) is 5.93. The van der Waals surface area contributed by atoms with Gasteiger partial charge in [0.05, 0.1) is 13.0 Å². The highest BCUT2D eigenvalue weighted by Gasteiger charge is 2.28. The van der Waals surface area contributed by atoms with Gasteiger partial charge in [0.15, 0.2) is 0 Å². The first-order valence-electron chi connectivity index (χ1n) is 8.61. The van der Waals surface area contributed by atoms with Crippen LogP contribution < -0.4 is 9.64 Å². The normalized spacial score (nSPS) is 20.7. The lowest BCUT2D eigenvalue weighted by Gasteiger charge is -2.30. The summed E-state index contributed by atoms with van der Waals surface area (Å²) >= 11 is 0. The molecule has 0 aliphatic carbocycles. The predicted molar refractivity (Wildman–Crippen MR) is 99.0 cm³/mol. The molecule has 1 aliphatic rings. The van der Waals surface area contributed by atoms with Crippen molar-refractivity contribution >= 4 is 17.5 Å². The van der Waals surface area contributed by atoms with Gasteiger partial charge in [-0.3, -0.25) is 9.59 Å². The molecule has 25 heavy (non-hydrogen) atoms. The molecule has 1 aliphatic heterocycles. The van der Waals surface area contributed by atoms with Gasteiger partial charge in [0.1, 0.15) is 11.9 Å². The summed E-state index contributed by atoms with van der Waals surface area (Å²) in [5, 5.41) is 0. The minimum absolute atomic E-state index is 0.00304. The molecule has 2 atom stereocenters. The molecule has 0 N–H and O–H groups in total. The van der Waals surface area contributed by atoms with E-state index in [1.807, 2.05) is 44.2 Å². The Balaban J connectivity index is 2.39. The number of carbonyl (C=O) groups excluding carboxylic acids is 2. The van der Waals surface area contributed by atoms with Crippen LogP contribution >= 0.6 is 0 Å². The molecule has 1 aromatic rings. The number of anilines is 1. The second-order valence-electron chi connectivity index (χ2n) is 7.17. The van der Waals surface area contributed by atoms with Crippen LogP contribution in [0.3, 0.4) is 0 Å². The molecular formula is C19H29N3O3. The van der Waals surface area contributed by atoms with Crippen LogP contribution in [0.2, 0.25) is 0 Å². The number of hydrogen-bond donors (Lipinski definition) is 0. The molecule has 6 nitrogen and oxygen atoms in total. The highest BCUT2D eigenvalue weighted by Crippen LogP contribution is 2.29. The van der Waals surface area contributed by atoms with E-state index in [0.29, 0.717) is 19.5 Å². The molecule has 0 bridgehead atoms. The van der Waals surface area contributed by atoms with E-state index in [4.69, 9.17) is 4.74 Å². The third kappa shape index (κ3) is 4.65. The molecule has 6 heteroatoms. The third-order valence-corrected chi connectivity index (χ3v) is 4.79. The fourth-order valence-electron chi connectivity index (χ4n) is 2.94. The Morgan fingerprint density at radius 3 is 2.60 bits per heavy atom. The van der Waals surface area contributed by atoms with Crippen molar-refractivity contribution in [3.8, 4) is 5.75 Å². The second-order valence-corrected chi connectivity index (χ2v) is 7.17. The number of hydrogen-bond acceptors (Lipinski definition) is 4. The molecule has 1 heterocycles. The van der Waals surface area contributed by atoms with E-state index in [0.717, 1.165) is 17.0 Å². The smallest absolute Gasteiger partial charge is 0.226 e. The van der Waals surface area contributed by atoms with Gasteiger partial charge in [0, 0.05) is 58.8 Å². The number of amides is 2. The number of fused-ring (bicyclic) bond motifs is 1. The van der Waals surface area contributed by atoms with Gasteiger partial charge in [-0.05, 0) is 18.2 Å². The van der Waals surface area contributed by atoms with Crippen LogP contribution in [0.25, 0.3) is 0 Å². The van der Waals surface area contributed by atoms with E-state index in [1.54, 1.807) is 23.8 Å². The summed E-state index contributed by atoms with van der Waals surface area (Å²) in [5.74, 6) is 0.912. The van der Waals surface area contributed by atoms with Crippen molar-refractivity contribution in [2.24, 2.45) is 5.92 Å². The zero-order valence-corrected chi connectivity index (χ0v) is 16.1. The quantitative estimate of drug-likeness (QED) is 0.834. The summed E-state index contributed by atoms with van der Waals surface area (Å²) in [6.45, 7) is 4.70. The number of nitrogens with zero attached hydrogens (tertiary/aromatic N) is 3. The first kappa shape index (κ1) is 19.1. The SMILES string of the molecule is CC(=O)N(C)C[C@@H]1Oc2ccc(N(C)C)cc2CC(=O)N(C)C[C@H]1C. The van der Waals surface area contributed by atoms with E-state index in [9.17, 15) is 9.59 Å². The molecule has 2 rings (SSSR count). The zero-order chi connectivity index (χ0) is 18.7. The van der Waals surface area contributed by atoms with E-state index in [2.05, 4.69) is 6.92 Å². The summed E-state index contributed by atoms with van der Waals surface area (Å²) in [6.07, 6.45) is 0.140. The highest BCUT2D eigenvalue weighted by atomic mass is 16.5. The lowest BCUT2D eigenvalue weighted by molar-refractivity contribution is -0.131. The topological polar surface area (TPSA) is 53.1 Å². The summed E-state index contributed by atoms with van der Waals surface area (Å²) in [5.41, 5.74) is 1.91. The molecule has 0 aromatic heterocycles. The van der Waals surface area contributed by atoms with Crippen molar-refractivity contribution in [3.63, 3.8) is 0 Å². The molecule has 0 unspecified atom stereocenters. The van der Waals surface area contributed by atoms with E-state index >= 15 is 0 Å². The van der Waals surface area contributed by atoms with Crippen LogP contribution in [0.1, 0.15) is 19.4 Å². The van der Waals surface area contributed by atoms with E-state index < -0.39 is 0 Å². The molecule has 0 saturated heterocycles. The fraction of sp³-hybridized carbons (Fsp3) is 0.579. The average molecular weight is 347 g/mol. The number of ether oxygens (including phenoxy) is 1. The second kappa shape index (κ2) is 7.76. The molecule has 1 aromatic carbocycles. The fourth-order valence-corrected chi connectivity index (χ4v) is 2.94. The maximum atomic E-state index is 12.5. The van der Waals surface area contributed by atoms with Gasteiger partial charge in [0.2, 0.25) is 11.8 Å². The van der Waals surface area contributed by atoms with Gasteiger partial charge in [0.25, 0.3) is 0 Å². The van der Waals surface area contributed by atoms with Crippen LogP contribution in [0.15, 0.2) is 18.2 Å². The van der Waals surface area contributed by atoms with Gasteiger partial charge >= 0.3 is 0 Å². The van der Waals surface area contributed by atoms with Crippen LogP contribution in [0.4, 0.5) is 5.69 Å². The van der Waals surface area contributed by atoms with Crippen LogP contribution in [0.5, 0.6) is 5.75 Å². The van der Waals surface area contributed by atoms with Crippen molar-refractivity contribution in [3.05, 3.63) is 23.8 Å². The minimum Gasteiger partial charge on any atom is -0.488 e. The summed E-state index contributed by atoms with van der Waals surface area (Å²) in [7, 11) is 7.54. The first-order valence-corrected chi connectivity index (χ1v) is 8.61. The van der Waals surface area contributed by atoms with Crippen LogP contribution in [-0.2, 0) is 16.0 Å². The Morgan fingerprint density at radius 1 is 1.32 bits per heavy atom. The largest absolute Gasteiger partial charge is 0.488 e. The Hall–Kier alpha value is -2.24. The average Bonchev–Trinajstić information content (AvgIpc) is 2.57. The zero-order valence-electron chi connectivity index (χ0n) is 16.1.